The van der Waals surface area contributed by atoms with Gasteiger partial charge in [-0.15, -0.1) is 0 Å². The molecule has 0 aliphatic heterocycles. The van der Waals surface area contributed by atoms with Gasteiger partial charge in [0.25, 0.3) is 5.95 Å². The zero-order valence-electron chi connectivity index (χ0n) is 20.9. The van der Waals surface area contributed by atoms with E-state index in [0.29, 0.717) is 30.4 Å². The van der Waals surface area contributed by atoms with E-state index in [4.69, 9.17) is 10.00 Å². The molecule has 0 aliphatic rings. The fourth-order valence-corrected chi connectivity index (χ4v) is 4.01. The van der Waals surface area contributed by atoms with Crippen LogP contribution in [0.4, 0.5) is 5.69 Å². The number of nitrogens with zero attached hydrogens (tertiary/aromatic N) is 5. The molecule has 0 saturated heterocycles. The number of carbonyl (C=O) groups excluding carboxylic acids is 1. The first kappa shape index (κ1) is 24.6. The number of aryl methyl sites for hydroxylation is 3. The second kappa shape index (κ2) is 10.8. The Morgan fingerprint density at radius 2 is 1.72 bits per heavy atom. The highest BCUT2D eigenvalue weighted by Gasteiger charge is 2.18. The molecule has 8 heteroatoms. The summed E-state index contributed by atoms with van der Waals surface area (Å²) in [7, 11) is 0. The number of para-hydroxylation sites is 1. The van der Waals surface area contributed by atoms with Gasteiger partial charge < -0.3 is 10.1 Å². The van der Waals surface area contributed by atoms with Gasteiger partial charge in [0.15, 0.2) is 0 Å². The topological polar surface area (TPSA) is 106 Å². The summed E-state index contributed by atoms with van der Waals surface area (Å²) in [6.07, 6.45) is 0.544. The van der Waals surface area contributed by atoms with Crippen molar-refractivity contribution in [3.05, 3.63) is 94.1 Å². The van der Waals surface area contributed by atoms with Crippen molar-refractivity contribution in [3.8, 4) is 17.8 Å². The lowest BCUT2D eigenvalue weighted by molar-refractivity contribution is -0.115. The van der Waals surface area contributed by atoms with Gasteiger partial charge in [0.1, 0.15) is 12.4 Å². The molecule has 1 amide bonds. The van der Waals surface area contributed by atoms with Crippen LogP contribution in [-0.4, -0.2) is 25.7 Å². The Labute approximate surface area is 210 Å². The SMILES string of the molecule is Cc1cc(C)nc(-n2nc(C)c(CC(=O)Nc3ccccc3COc3ccc(CC#N)cc3)c2C)n1. The minimum Gasteiger partial charge on any atom is -0.489 e. The van der Waals surface area contributed by atoms with Crippen LogP contribution in [-0.2, 0) is 24.2 Å². The highest BCUT2D eigenvalue weighted by Crippen LogP contribution is 2.21. The Bertz CT molecular complexity index is 1410. The Kier molecular flexibility index (Phi) is 7.40. The summed E-state index contributed by atoms with van der Waals surface area (Å²) in [5.74, 6) is 1.06. The third kappa shape index (κ3) is 5.76. The molecule has 1 N–H and O–H groups in total. The standard InChI is InChI=1S/C28H28N6O2/c1-18-15-19(2)31-28(30-18)34-21(4)25(20(3)33-34)16-27(35)32-26-8-6-5-7-23(26)17-36-24-11-9-22(10-12-24)13-14-29/h5-12,15H,13,16-17H2,1-4H3,(H,32,35). The minimum atomic E-state index is -0.143. The predicted molar refractivity (Wildman–Crippen MR) is 137 cm³/mol. The van der Waals surface area contributed by atoms with Crippen LogP contribution in [0.25, 0.3) is 5.95 Å². The Balaban J connectivity index is 1.45. The minimum absolute atomic E-state index is 0.143. The van der Waals surface area contributed by atoms with Crippen LogP contribution in [0.2, 0.25) is 0 Å². The van der Waals surface area contributed by atoms with E-state index in [1.54, 1.807) is 4.68 Å². The highest BCUT2D eigenvalue weighted by atomic mass is 16.5. The van der Waals surface area contributed by atoms with E-state index >= 15 is 0 Å². The van der Waals surface area contributed by atoms with E-state index in [9.17, 15) is 4.79 Å². The van der Waals surface area contributed by atoms with Gasteiger partial charge in [-0.25, -0.2) is 14.6 Å². The number of amides is 1. The lowest BCUT2D eigenvalue weighted by Crippen LogP contribution is -2.17. The van der Waals surface area contributed by atoms with Crippen molar-refractivity contribution in [1.29, 1.82) is 5.26 Å². The average Bonchev–Trinajstić information content (AvgIpc) is 3.12. The van der Waals surface area contributed by atoms with Gasteiger partial charge in [-0.1, -0.05) is 30.3 Å². The number of nitriles is 1. The number of hydrogen-bond acceptors (Lipinski definition) is 6. The number of carbonyl (C=O) groups is 1. The number of rotatable bonds is 8. The number of hydrogen-bond donors (Lipinski definition) is 1. The molecule has 2 aromatic carbocycles. The van der Waals surface area contributed by atoms with Crippen LogP contribution < -0.4 is 10.1 Å². The molecule has 4 rings (SSSR count). The van der Waals surface area contributed by atoms with Crippen LogP contribution in [0.3, 0.4) is 0 Å². The van der Waals surface area contributed by atoms with Crippen molar-refractivity contribution in [2.45, 2.75) is 47.1 Å². The molecule has 182 valence electrons. The van der Waals surface area contributed by atoms with E-state index in [1.165, 1.54) is 0 Å². The zero-order chi connectivity index (χ0) is 25.7. The maximum Gasteiger partial charge on any atom is 0.251 e. The zero-order valence-corrected chi connectivity index (χ0v) is 20.9. The van der Waals surface area contributed by atoms with Crippen LogP contribution in [0.1, 0.15) is 39.5 Å². The molecule has 0 spiro atoms. The molecule has 4 aromatic rings. The number of anilines is 1. The first-order valence-corrected chi connectivity index (χ1v) is 11.7. The fourth-order valence-electron chi connectivity index (χ4n) is 4.01. The first-order valence-electron chi connectivity index (χ1n) is 11.7. The number of nitrogens with one attached hydrogen (secondary N) is 1. The molecular weight excluding hydrogens is 452 g/mol. The molecule has 2 aromatic heterocycles. The molecule has 0 radical (unpaired) electrons. The van der Waals surface area contributed by atoms with Crippen molar-refractivity contribution in [2.24, 2.45) is 0 Å². The molecule has 0 saturated carbocycles. The van der Waals surface area contributed by atoms with Crippen molar-refractivity contribution < 1.29 is 9.53 Å². The summed E-state index contributed by atoms with van der Waals surface area (Å²) in [6.45, 7) is 7.95. The highest BCUT2D eigenvalue weighted by molar-refractivity contribution is 5.93. The summed E-state index contributed by atoms with van der Waals surface area (Å²) in [4.78, 5) is 22.0. The van der Waals surface area contributed by atoms with Crippen molar-refractivity contribution in [3.63, 3.8) is 0 Å². The average molecular weight is 481 g/mol. The van der Waals surface area contributed by atoms with Crippen LogP contribution in [0.5, 0.6) is 5.75 Å². The van der Waals surface area contributed by atoms with Gasteiger partial charge in [0.2, 0.25) is 5.91 Å². The third-order valence-corrected chi connectivity index (χ3v) is 5.83. The quantitative estimate of drug-likeness (QED) is 0.391. The molecule has 0 bridgehead atoms. The molecule has 0 aliphatic carbocycles. The number of benzene rings is 2. The van der Waals surface area contributed by atoms with E-state index in [2.05, 4.69) is 26.5 Å². The molecule has 8 nitrogen and oxygen atoms in total. The third-order valence-electron chi connectivity index (χ3n) is 5.83. The fraction of sp³-hybridized carbons (Fsp3) is 0.250. The van der Waals surface area contributed by atoms with Gasteiger partial charge >= 0.3 is 0 Å². The van der Waals surface area contributed by atoms with E-state index in [-0.39, 0.29) is 12.3 Å². The second-order valence-corrected chi connectivity index (χ2v) is 8.66. The van der Waals surface area contributed by atoms with Crippen LogP contribution in [0.15, 0.2) is 54.6 Å². The van der Waals surface area contributed by atoms with Crippen molar-refractivity contribution in [1.82, 2.24) is 19.7 Å². The summed E-state index contributed by atoms with van der Waals surface area (Å²) in [6, 6.07) is 19.1. The molecule has 0 atom stereocenters. The smallest absolute Gasteiger partial charge is 0.251 e. The van der Waals surface area contributed by atoms with Crippen LogP contribution in [0, 0.1) is 39.0 Å². The van der Waals surface area contributed by atoms with Gasteiger partial charge in [-0.2, -0.15) is 10.4 Å². The Morgan fingerprint density at radius 1 is 1.03 bits per heavy atom. The predicted octanol–water partition coefficient (Wildman–Crippen LogP) is 4.72. The number of ether oxygens (including phenoxy) is 1. The van der Waals surface area contributed by atoms with E-state index < -0.39 is 0 Å². The monoisotopic (exact) mass is 480 g/mol. The number of aromatic nitrogens is 4. The van der Waals surface area contributed by atoms with Gasteiger partial charge in [-0.05, 0) is 57.5 Å². The Hall–Kier alpha value is -4.51. The normalized spacial score (nSPS) is 10.6. The molecule has 2 heterocycles. The van der Waals surface area contributed by atoms with Crippen molar-refractivity contribution in [2.75, 3.05) is 5.32 Å². The summed E-state index contributed by atoms with van der Waals surface area (Å²) in [5, 5.41) is 16.4. The van der Waals surface area contributed by atoms with Crippen LogP contribution >= 0.6 is 0 Å². The van der Waals surface area contributed by atoms with E-state index in [1.807, 2.05) is 82.3 Å². The summed E-state index contributed by atoms with van der Waals surface area (Å²) >= 11 is 0. The largest absolute Gasteiger partial charge is 0.489 e. The van der Waals surface area contributed by atoms with Crippen molar-refractivity contribution >= 4 is 11.6 Å². The lowest BCUT2D eigenvalue weighted by atomic mass is 10.1. The maximum absolute atomic E-state index is 13.0. The Morgan fingerprint density at radius 3 is 2.42 bits per heavy atom. The molecular formula is C28H28N6O2. The summed E-state index contributed by atoms with van der Waals surface area (Å²) < 4.78 is 7.61. The molecule has 0 unspecified atom stereocenters. The molecule has 36 heavy (non-hydrogen) atoms. The second-order valence-electron chi connectivity index (χ2n) is 8.66. The van der Waals surface area contributed by atoms with Gasteiger partial charge in [-0.3, -0.25) is 4.79 Å². The van der Waals surface area contributed by atoms with Gasteiger partial charge in [0, 0.05) is 33.9 Å². The maximum atomic E-state index is 13.0. The van der Waals surface area contributed by atoms with E-state index in [0.717, 1.165) is 39.5 Å². The lowest BCUT2D eigenvalue weighted by Gasteiger charge is -2.13. The summed E-state index contributed by atoms with van der Waals surface area (Å²) in [5.41, 5.74) is 6.68. The molecule has 0 fully saturated rings. The van der Waals surface area contributed by atoms with Gasteiger partial charge in [0.05, 0.1) is 24.6 Å². The first-order chi connectivity index (χ1) is 17.3.